The molecule has 1 fully saturated rings. The summed E-state index contributed by atoms with van der Waals surface area (Å²) < 4.78 is 5.98. The van der Waals surface area contributed by atoms with Crippen LogP contribution in [0.5, 0.6) is 0 Å². The largest absolute Gasteiger partial charge is 0.387 e. The van der Waals surface area contributed by atoms with E-state index in [1.807, 2.05) is 13.8 Å². The van der Waals surface area contributed by atoms with Crippen molar-refractivity contribution in [3.63, 3.8) is 0 Å². The van der Waals surface area contributed by atoms with Crippen LogP contribution in [0.2, 0.25) is 0 Å². The number of ether oxygens (including phenoxy) is 1. The Morgan fingerprint density at radius 2 is 1.59 bits per heavy atom. The summed E-state index contributed by atoms with van der Waals surface area (Å²) in [6.45, 7) is 10.4. The molecule has 1 aliphatic heterocycles. The van der Waals surface area contributed by atoms with E-state index in [0.29, 0.717) is 0 Å². The lowest BCUT2D eigenvalue weighted by atomic mass is 9.78. The van der Waals surface area contributed by atoms with E-state index in [9.17, 15) is 5.11 Å². The van der Waals surface area contributed by atoms with Crippen LogP contribution in [0.1, 0.15) is 79.6 Å². The van der Waals surface area contributed by atoms with Crippen molar-refractivity contribution in [2.24, 2.45) is 0 Å². The van der Waals surface area contributed by atoms with Gasteiger partial charge < -0.3 is 9.84 Å². The summed E-state index contributed by atoms with van der Waals surface area (Å²) in [6.07, 6.45) is 7.83. The highest BCUT2D eigenvalue weighted by molar-refractivity contribution is 5.05. The molecule has 0 saturated carbocycles. The Morgan fingerprint density at radius 1 is 1.00 bits per heavy atom. The molecule has 0 amide bonds. The van der Waals surface area contributed by atoms with Crippen molar-refractivity contribution in [3.05, 3.63) is 0 Å². The fourth-order valence-corrected chi connectivity index (χ4v) is 3.15. The number of aliphatic hydroxyl groups is 1. The van der Waals surface area contributed by atoms with Gasteiger partial charge in [0.15, 0.2) is 0 Å². The van der Waals surface area contributed by atoms with Crippen LogP contribution in [0.4, 0.5) is 0 Å². The molecule has 0 aliphatic carbocycles. The van der Waals surface area contributed by atoms with Crippen LogP contribution in [0, 0.1) is 0 Å². The lowest BCUT2D eigenvalue weighted by Gasteiger charge is -2.35. The molecular formula is C15H30O2. The Kier molecular flexibility index (Phi) is 4.65. The highest BCUT2D eigenvalue weighted by Gasteiger charge is 2.55. The zero-order chi connectivity index (χ0) is 13.2. The van der Waals surface area contributed by atoms with Gasteiger partial charge in [-0.3, -0.25) is 0 Å². The molecule has 1 unspecified atom stereocenters. The maximum Gasteiger partial charge on any atom is 0.0958 e. The van der Waals surface area contributed by atoms with Gasteiger partial charge >= 0.3 is 0 Å². The van der Waals surface area contributed by atoms with Gasteiger partial charge in [0, 0.05) is 6.42 Å². The summed E-state index contributed by atoms with van der Waals surface area (Å²) in [5.74, 6) is 0. The average Bonchev–Trinajstić information content (AvgIpc) is 2.30. The van der Waals surface area contributed by atoms with Crippen LogP contribution >= 0.6 is 0 Å². The van der Waals surface area contributed by atoms with Gasteiger partial charge in [-0.25, -0.2) is 0 Å². The van der Waals surface area contributed by atoms with Gasteiger partial charge in [-0.15, -0.1) is 0 Å². The summed E-state index contributed by atoms with van der Waals surface area (Å²) in [5.41, 5.74) is -1.26. The van der Waals surface area contributed by atoms with E-state index in [-0.39, 0.29) is 5.60 Å². The van der Waals surface area contributed by atoms with Gasteiger partial charge in [0.2, 0.25) is 0 Å². The molecule has 1 heterocycles. The Morgan fingerprint density at radius 3 is 2.06 bits per heavy atom. The minimum absolute atomic E-state index is 0.193. The van der Waals surface area contributed by atoms with Crippen LogP contribution in [0.15, 0.2) is 0 Å². The Labute approximate surface area is 107 Å². The normalized spacial score (nSPS) is 30.7. The molecule has 1 rings (SSSR count). The van der Waals surface area contributed by atoms with Gasteiger partial charge in [0.05, 0.1) is 16.8 Å². The fourth-order valence-electron chi connectivity index (χ4n) is 3.15. The predicted molar refractivity (Wildman–Crippen MR) is 72.2 cm³/mol. The fraction of sp³-hybridized carbons (Fsp3) is 1.00. The first kappa shape index (κ1) is 15.0. The van der Waals surface area contributed by atoms with E-state index in [1.165, 1.54) is 25.7 Å². The van der Waals surface area contributed by atoms with E-state index >= 15 is 0 Å². The number of hydrogen-bond donors (Lipinski definition) is 1. The number of unbranched alkanes of at least 4 members (excludes halogenated alkanes) is 4. The van der Waals surface area contributed by atoms with Crippen molar-refractivity contribution in [1.82, 2.24) is 0 Å². The summed E-state index contributed by atoms with van der Waals surface area (Å²) in [5, 5.41) is 10.8. The van der Waals surface area contributed by atoms with E-state index in [0.717, 1.165) is 19.3 Å². The van der Waals surface area contributed by atoms with Crippen molar-refractivity contribution < 1.29 is 9.84 Å². The van der Waals surface area contributed by atoms with Crippen molar-refractivity contribution in [2.45, 2.75) is 96.4 Å². The third kappa shape index (κ3) is 3.69. The zero-order valence-corrected chi connectivity index (χ0v) is 12.3. The first-order chi connectivity index (χ1) is 7.72. The SMILES string of the molecule is CCCCCCCC1(O)CC(C)(C)OC1(C)C. The average molecular weight is 242 g/mol. The third-order valence-electron chi connectivity index (χ3n) is 4.06. The van der Waals surface area contributed by atoms with Crippen LogP contribution in [-0.4, -0.2) is 21.9 Å². The molecule has 1 aliphatic rings. The molecule has 1 saturated heterocycles. The Hall–Kier alpha value is -0.0800. The van der Waals surface area contributed by atoms with Crippen LogP contribution in [0.3, 0.4) is 0 Å². The van der Waals surface area contributed by atoms with Crippen LogP contribution < -0.4 is 0 Å². The number of hydrogen-bond acceptors (Lipinski definition) is 2. The van der Waals surface area contributed by atoms with Crippen molar-refractivity contribution in [3.8, 4) is 0 Å². The van der Waals surface area contributed by atoms with Crippen molar-refractivity contribution in [1.29, 1.82) is 0 Å². The molecule has 0 aromatic heterocycles. The van der Waals surface area contributed by atoms with E-state index in [4.69, 9.17) is 4.74 Å². The molecule has 1 N–H and O–H groups in total. The molecule has 0 bridgehead atoms. The lowest BCUT2D eigenvalue weighted by Crippen LogP contribution is -2.46. The monoisotopic (exact) mass is 242 g/mol. The molecular weight excluding hydrogens is 212 g/mol. The minimum atomic E-state index is -0.650. The van der Waals surface area contributed by atoms with Crippen molar-refractivity contribution >= 4 is 0 Å². The van der Waals surface area contributed by atoms with E-state index in [1.54, 1.807) is 0 Å². The molecule has 17 heavy (non-hydrogen) atoms. The molecule has 1 atom stereocenters. The third-order valence-corrected chi connectivity index (χ3v) is 4.06. The van der Waals surface area contributed by atoms with Gasteiger partial charge in [0.1, 0.15) is 0 Å². The molecule has 102 valence electrons. The summed E-state index contributed by atoms with van der Waals surface area (Å²) in [7, 11) is 0. The molecule has 0 aromatic rings. The van der Waals surface area contributed by atoms with Crippen molar-refractivity contribution in [2.75, 3.05) is 0 Å². The maximum absolute atomic E-state index is 10.8. The topological polar surface area (TPSA) is 29.5 Å². The van der Waals surface area contributed by atoms with Gasteiger partial charge in [0.25, 0.3) is 0 Å². The highest BCUT2D eigenvalue weighted by Crippen LogP contribution is 2.47. The second-order valence-corrected chi connectivity index (χ2v) is 6.74. The molecule has 0 aromatic carbocycles. The summed E-state index contributed by atoms with van der Waals surface area (Å²) >= 11 is 0. The molecule has 0 radical (unpaired) electrons. The van der Waals surface area contributed by atoms with Crippen LogP contribution in [0.25, 0.3) is 0 Å². The summed E-state index contributed by atoms with van der Waals surface area (Å²) in [4.78, 5) is 0. The lowest BCUT2D eigenvalue weighted by molar-refractivity contribution is -0.129. The molecule has 2 heteroatoms. The smallest absolute Gasteiger partial charge is 0.0958 e. The van der Waals surface area contributed by atoms with Gasteiger partial charge in [-0.05, 0) is 34.1 Å². The Balaban J connectivity index is 2.45. The highest BCUT2D eigenvalue weighted by atomic mass is 16.5. The second kappa shape index (κ2) is 5.27. The maximum atomic E-state index is 10.8. The zero-order valence-electron chi connectivity index (χ0n) is 12.3. The van der Waals surface area contributed by atoms with E-state index in [2.05, 4.69) is 20.8 Å². The predicted octanol–water partition coefficient (Wildman–Crippen LogP) is 4.06. The standard InChI is InChI=1S/C15H30O2/c1-6-7-8-9-10-11-15(16)12-13(2,3)17-14(15,4)5/h16H,6-12H2,1-5H3. The summed E-state index contributed by atoms with van der Waals surface area (Å²) in [6, 6.07) is 0. The molecule has 0 spiro atoms. The van der Waals surface area contributed by atoms with Gasteiger partial charge in [-0.2, -0.15) is 0 Å². The molecule has 2 nitrogen and oxygen atoms in total. The first-order valence-electron chi connectivity index (χ1n) is 7.15. The second-order valence-electron chi connectivity index (χ2n) is 6.74. The van der Waals surface area contributed by atoms with Crippen LogP contribution in [-0.2, 0) is 4.74 Å². The van der Waals surface area contributed by atoms with Gasteiger partial charge in [-0.1, -0.05) is 39.0 Å². The first-order valence-corrected chi connectivity index (χ1v) is 7.15. The Bertz CT molecular complexity index is 245. The minimum Gasteiger partial charge on any atom is -0.387 e. The van der Waals surface area contributed by atoms with E-state index < -0.39 is 11.2 Å². The number of rotatable bonds is 6. The quantitative estimate of drug-likeness (QED) is 0.712.